The van der Waals surface area contributed by atoms with Crippen LogP contribution in [0, 0.1) is 0 Å². The summed E-state index contributed by atoms with van der Waals surface area (Å²) in [6, 6.07) is 12.8. The van der Waals surface area contributed by atoms with Crippen LogP contribution in [0.3, 0.4) is 0 Å². The van der Waals surface area contributed by atoms with Gasteiger partial charge >= 0.3 is 0 Å². The SMILES string of the molecule is COc1cc(N2C(=S)N[C@@H](c3ccccn3)[C@H]2c2ccn(C)c2)ccc1NS(C)(=O)=O. The van der Waals surface area contributed by atoms with Gasteiger partial charge in [-0.25, -0.2) is 8.42 Å². The van der Waals surface area contributed by atoms with Crippen LogP contribution in [0.5, 0.6) is 5.75 Å². The number of benzene rings is 1. The van der Waals surface area contributed by atoms with Crippen molar-refractivity contribution in [2.45, 2.75) is 12.1 Å². The van der Waals surface area contributed by atoms with Gasteiger partial charge in [0.1, 0.15) is 5.75 Å². The van der Waals surface area contributed by atoms with Crippen molar-refractivity contribution in [2.75, 3.05) is 23.0 Å². The lowest BCUT2D eigenvalue weighted by atomic mass is 9.98. The highest BCUT2D eigenvalue weighted by molar-refractivity contribution is 7.92. The Bertz CT molecular complexity index is 1210. The first kappa shape index (κ1) is 21.1. The molecule has 1 saturated heterocycles. The number of aromatic nitrogens is 2. The number of nitrogens with zero attached hydrogens (tertiary/aromatic N) is 3. The topological polar surface area (TPSA) is 88.5 Å². The number of thiocarbonyl (C=S) groups is 1. The van der Waals surface area contributed by atoms with E-state index in [-0.39, 0.29) is 12.1 Å². The minimum atomic E-state index is -3.44. The second-order valence-electron chi connectivity index (χ2n) is 7.37. The van der Waals surface area contributed by atoms with Gasteiger partial charge in [-0.05, 0) is 48.1 Å². The minimum Gasteiger partial charge on any atom is -0.494 e. The highest BCUT2D eigenvalue weighted by atomic mass is 32.2. The van der Waals surface area contributed by atoms with Gasteiger partial charge in [-0.3, -0.25) is 9.71 Å². The number of sulfonamides is 1. The van der Waals surface area contributed by atoms with Crippen LogP contribution in [0.25, 0.3) is 0 Å². The summed E-state index contributed by atoms with van der Waals surface area (Å²) in [5, 5.41) is 3.95. The average Bonchev–Trinajstić information content (AvgIpc) is 3.30. The van der Waals surface area contributed by atoms with Crippen LogP contribution >= 0.6 is 12.2 Å². The molecule has 1 aromatic carbocycles. The monoisotopic (exact) mass is 457 g/mol. The van der Waals surface area contributed by atoms with Crippen molar-refractivity contribution < 1.29 is 13.2 Å². The second-order valence-corrected chi connectivity index (χ2v) is 9.50. The molecule has 1 aliphatic rings. The van der Waals surface area contributed by atoms with Crippen molar-refractivity contribution in [3.8, 4) is 5.75 Å². The van der Waals surface area contributed by atoms with Crippen LogP contribution in [-0.4, -0.2) is 36.4 Å². The molecule has 0 aliphatic carbocycles. The molecule has 1 aliphatic heterocycles. The largest absolute Gasteiger partial charge is 0.494 e. The molecule has 162 valence electrons. The third-order valence-corrected chi connectivity index (χ3v) is 5.96. The lowest BCUT2D eigenvalue weighted by molar-refractivity contribution is 0.417. The number of aryl methyl sites for hydroxylation is 1. The summed E-state index contributed by atoms with van der Waals surface area (Å²) in [5.74, 6) is 0.402. The maximum absolute atomic E-state index is 11.7. The zero-order valence-corrected chi connectivity index (χ0v) is 18.9. The van der Waals surface area contributed by atoms with Crippen LogP contribution in [0.1, 0.15) is 23.3 Å². The first-order valence-corrected chi connectivity index (χ1v) is 11.8. The Labute approximate surface area is 186 Å². The van der Waals surface area contributed by atoms with Crippen LogP contribution in [0.4, 0.5) is 11.4 Å². The molecule has 4 rings (SSSR count). The smallest absolute Gasteiger partial charge is 0.229 e. The molecule has 0 saturated carbocycles. The van der Waals surface area contributed by atoms with Gasteiger partial charge in [0.15, 0.2) is 5.11 Å². The van der Waals surface area contributed by atoms with Crippen molar-refractivity contribution in [3.63, 3.8) is 0 Å². The summed E-state index contributed by atoms with van der Waals surface area (Å²) >= 11 is 5.71. The standard InChI is InChI=1S/C21H23N5O3S2/c1-25-11-9-14(13-25)20-19(17-6-4-5-10-22-17)23-21(30)26(20)15-7-8-16(18(12-15)29-2)24-31(3,27)28/h4-13,19-20,24H,1-3H3,(H,23,30)/t19-,20+/m0/s1. The second kappa shape index (κ2) is 8.20. The van der Waals surface area contributed by atoms with Gasteiger partial charge < -0.3 is 19.5 Å². The first-order chi connectivity index (χ1) is 14.8. The molecule has 0 spiro atoms. The van der Waals surface area contributed by atoms with Crippen LogP contribution in [0.15, 0.2) is 61.1 Å². The maximum Gasteiger partial charge on any atom is 0.229 e. The van der Waals surface area contributed by atoms with Gasteiger partial charge in [-0.2, -0.15) is 0 Å². The summed E-state index contributed by atoms with van der Waals surface area (Å²) in [7, 11) is 0.0288. The van der Waals surface area contributed by atoms with E-state index in [1.54, 1.807) is 18.3 Å². The molecule has 8 nitrogen and oxygen atoms in total. The molecule has 0 amide bonds. The van der Waals surface area contributed by atoms with E-state index in [9.17, 15) is 8.42 Å². The summed E-state index contributed by atoms with van der Waals surface area (Å²) in [6.07, 6.45) is 6.91. The van der Waals surface area contributed by atoms with E-state index in [4.69, 9.17) is 17.0 Å². The van der Waals surface area contributed by atoms with Crippen molar-refractivity contribution in [2.24, 2.45) is 7.05 Å². The van der Waals surface area contributed by atoms with E-state index >= 15 is 0 Å². The molecule has 1 fully saturated rings. The fraction of sp³-hybridized carbons (Fsp3) is 0.238. The number of hydrogen-bond donors (Lipinski definition) is 2. The Kier molecular flexibility index (Phi) is 5.59. The first-order valence-electron chi connectivity index (χ1n) is 9.55. The normalized spacial score (nSPS) is 18.7. The molecule has 3 heterocycles. The Balaban J connectivity index is 1.79. The summed E-state index contributed by atoms with van der Waals surface area (Å²) in [4.78, 5) is 6.55. The Hall–Kier alpha value is -3.11. The number of ether oxygens (including phenoxy) is 1. The molecular formula is C21H23N5O3S2. The number of nitrogens with one attached hydrogen (secondary N) is 2. The molecule has 3 aromatic rings. The van der Waals surface area contributed by atoms with E-state index in [1.165, 1.54) is 7.11 Å². The maximum atomic E-state index is 11.7. The van der Waals surface area contributed by atoms with Crippen molar-refractivity contribution >= 4 is 38.7 Å². The molecule has 2 N–H and O–H groups in total. The fourth-order valence-electron chi connectivity index (χ4n) is 3.79. The predicted molar refractivity (Wildman–Crippen MR) is 125 cm³/mol. The summed E-state index contributed by atoms with van der Waals surface area (Å²) in [5.41, 5.74) is 3.09. The molecule has 0 radical (unpaired) electrons. The predicted octanol–water partition coefficient (Wildman–Crippen LogP) is 2.98. The van der Waals surface area contributed by atoms with Crippen LogP contribution < -0.4 is 19.7 Å². The van der Waals surface area contributed by atoms with Gasteiger partial charge in [0.2, 0.25) is 10.0 Å². The highest BCUT2D eigenvalue weighted by Gasteiger charge is 2.41. The quantitative estimate of drug-likeness (QED) is 0.550. The Morgan fingerprint density at radius 3 is 2.65 bits per heavy atom. The molecule has 0 bridgehead atoms. The van der Waals surface area contributed by atoms with Gasteiger partial charge in [-0.15, -0.1) is 0 Å². The third kappa shape index (κ3) is 4.35. The van der Waals surface area contributed by atoms with Gasteiger partial charge in [-0.1, -0.05) is 6.07 Å². The minimum absolute atomic E-state index is 0.151. The summed E-state index contributed by atoms with van der Waals surface area (Å²) in [6.45, 7) is 0. The number of hydrogen-bond acceptors (Lipinski definition) is 5. The van der Waals surface area contributed by atoms with Crippen molar-refractivity contribution in [1.82, 2.24) is 14.9 Å². The average molecular weight is 458 g/mol. The lowest BCUT2D eigenvalue weighted by Gasteiger charge is -2.28. The van der Waals surface area contributed by atoms with Crippen LogP contribution in [-0.2, 0) is 17.1 Å². The molecule has 0 unspecified atom stereocenters. The Morgan fingerprint density at radius 2 is 2.03 bits per heavy atom. The zero-order chi connectivity index (χ0) is 22.2. The van der Waals surface area contributed by atoms with E-state index in [0.29, 0.717) is 16.5 Å². The number of rotatable bonds is 6. The van der Waals surface area contributed by atoms with Gasteiger partial charge in [0.25, 0.3) is 0 Å². The molecular weight excluding hydrogens is 434 g/mol. The zero-order valence-electron chi connectivity index (χ0n) is 17.3. The van der Waals surface area contributed by atoms with Crippen LogP contribution in [0.2, 0.25) is 0 Å². The highest BCUT2D eigenvalue weighted by Crippen LogP contribution is 2.43. The van der Waals surface area contributed by atoms with Gasteiger partial charge in [0.05, 0.1) is 36.8 Å². The van der Waals surface area contributed by atoms with E-state index in [2.05, 4.69) is 27.3 Å². The number of methoxy groups -OCH3 is 1. The third-order valence-electron chi connectivity index (χ3n) is 5.05. The molecule has 31 heavy (non-hydrogen) atoms. The van der Waals surface area contributed by atoms with E-state index in [0.717, 1.165) is 23.2 Å². The molecule has 2 atom stereocenters. The fourth-order valence-corrected chi connectivity index (χ4v) is 4.70. The van der Waals surface area contributed by atoms with Crippen molar-refractivity contribution in [1.29, 1.82) is 0 Å². The van der Waals surface area contributed by atoms with E-state index in [1.807, 2.05) is 47.0 Å². The van der Waals surface area contributed by atoms with Gasteiger partial charge in [0, 0.05) is 37.4 Å². The molecule has 2 aromatic heterocycles. The lowest BCUT2D eigenvalue weighted by Crippen LogP contribution is -2.29. The van der Waals surface area contributed by atoms with E-state index < -0.39 is 10.0 Å². The molecule has 10 heteroatoms. The van der Waals surface area contributed by atoms with Crippen molar-refractivity contribution in [3.05, 3.63) is 72.3 Å². The number of pyridine rings is 1. The summed E-state index contributed by atoms with van der Waals surface area (Å²) < 4.78 is 33.3. The Morgan fingerprint density at radius 1 is 1.23 bits per heavy atom. The number of anilines is 2.